The Morgan fingerprint density at radius 1 is 1.12 bits per heavy atom. The largest absolute Gasteiger partial charge is 0.342 e. The zero-order chi connectivity index (χ0) is 23.5. The number of hydrogen-bond acceptors (Lipinski definition) is 7. The lowest BCUT2D eigenvalue weighted by molar-refractivity contribution is 0.553. The number of thiophene rings is 1. The summed E-state index contributed by atoms with van der Waals surface area (Å²) in [5, 5.41) is 11.5. The van der Waals surface area contributed by atoms with E-state index in [0.29, 0.717) is 28.3 Å². The molecule has 1 N–H and O–H groups in total. The van der Waals surface area contributed by atoms with Crippen LogP contribution in [-0.2, 0) is 6.54 Å². The first-order valence-corrected chi connectivity index (χ1v) is 13.1. The molecule has 34 heavy (non-hydrogen) atoms. The fourth-order valence-electron chi connectivity index (χ4n) is 4.20. The molecule has 1 fully saturated rings. The van der Waals surface area contributed by atoms with Crippen LogP contribution in [0, 0.1) is 18.3 Å². The van der Waals surface area contributed by atoms with Gasteiger partial charge in [-0.05, 0) is 61.9 Å². The second-order valence-corrected chi connectivity index (χ2v) is 10.2. The summed E-state index contributed by atoms with van der Waals surface area (Å²) in [4.78, 5) is 22.1. The smallest absolute Gasteiger partial charge is 0.273 e. The molecule has 4 aromatic rings. The molecule has 0 radical (unpaired) electrons. The lowest BCUT2D eigenvalue weighted by Gasteiger charge is -2.29. The summed E-state index contributed by atoms with van der Waals surface area (Å²) in [7, 11) is 0. The molecule has 0 amide bonds. The van der Waals surface area contributed by atoms with Gasteiger partial charge >= 0.3 is 0 Å². The Kier molecular flexibility index (Phi) is 6.57. The summed E-state index contributed by atoms with van der Waals surface area (Å²) in [5.74, 6) is 0.687. The third-order valence-electron chi connectivity index (χ3n) is 6.06. The van der Waals surface area contributed by atoms with E-state index >= 15 is 0 Å². The molecule has 0 unspecified atom stereocenters. The molecule has 2 aromatic carbocycles. The number of aryl methyl sites for hydroxylation is 1. The van der Waals surface area contributed by atoms with Gasteiger partial charge in [0.2, 0.25) is 5.95 Å². The SMILES string of the molecule is Cc1ccc(SNc2csc3c(=O)n(Cc4ccccc4C#N)c(N4CCCCC4)nc23)cc1. The Labute approximate surface area is 207 Å². The number of nitriles is 1. The Bertz CT molecular complexity index is 1410. The molecule has 172 valence electrons. The van der Waals surface area contributed by atoms with Crippen molar-refractivity contribution in [3.63, 3.8) is 0 Å². The van der Waals surface area contributed by atoms with E-state index in [1.807, 2.05) is 23.6 Å². The van der Waals surface area contributed by atoms with Crippen LogP contribution < -0.4 is 15.2 Å². The van der Waals surface area contributed by atoms with Crippen LogP contribution in [0.4, 0.5) is 11.6 Å². The number of fused-ring (bicyclic) bond motifs is 1. The van der Waals surface area contributed by atoms with Crippen LogP contribution >= 0.6 is 23.3 Å². The standard InChI is InChI=1S/C26H25N5OS2/c1-18-9-11-21(12-10-18)34-29-22-17-33-24-23(22)28-26(30-13-5-2-6-14-30)31(25(24)32)16-20-8-4-3-7-19(20)15-27/h3-4,7-12,17,29H,2,5-6,13-14,16H2,1H3. The van der Waals surface area contributed by atoms with Gasteiger partial charge in [0.15, 0.2) is 0 Å². The maximum Gasteiger partial charge on any atom is 0.273 e. The van der Waals surface area contributed by atoms with E-state index in [1.165, 1.54) is 35.3 Å². The molecular formula is C26H25N5OS2. The van der Waals surface area contributed by atoms with E-state index in [2.05, 4.69) is 46.9 Å². The van der Waals surface area contributed by atoms with E-state index in [-0.39, 0.29) is 5.56 Å². The lowest BCUT2D eigenvalue weighted by Crippen LogP contribution is -2.36. The monoisotopic (exact) mass is 487 g/mol. The molecule has 1 aliphatic heterocycles. The molecule has 0 saturated carbocycles. The Morgan fingerprint density at radius 2 is 1.88 bits per heavy atom. The maximum absolute atomic E-state index is 13.7. The average Bonchev–Trinajstić information content (AvgIpc) is 3.29. The first-order valence-electron chi connectivity index (χ1n) is 11.4. The van der Waals surface area contributed by atoms with E-state index in [0.717, 1.165) is 42.1 Å². The predicted molar refractivity (Wildman–Crippen MR) is 141 cm³/mol. The number of aromatic nitrogens is 2. The van der Waals surface area contributed by atoms with Crippen molar-refractivity contribution >= 4 is 45.1 Å². The van der Waals surface area contributed by atoms with Gasteiger partial charge in [0.05, 0.1) is 23.9 Å². The third-order valence-corrected chi connectivity index (χ3v) is 7.85. The Balaban J connectivity index is 1.56. The molecule has 2 aromatic heterocycles. The first-order chi connectivity index (χ1) is 16.6. The Morgan fingerprint density at radius 3 is 2.65 bits per heavy atom. The van der Waals surface area contributed by atoms with Crippen LogP contribution in [0.5, 0.6) is 0 Å². The fraction of sp³-hybridized carbons (Fsp3) is 0.269. The van der Waals surface area contributed by atoms with Gasteiger partial charge < -0.3 is 9.62 Å². The number of nitrogens with zero attached hydrogens (tertiary/aromatic N) is 4. The molecular weight excluding hydrogens is 462 g/mol. The summed E-state index contributed by atoms with van der Waals surface area (Å²) in [6.45, 7) is 4.15. The highest BCUT2D eigenvalue weighted by Gasteiger charge is 2.22. The van der Waals surface area contributed by atoms with Crippen molar-refractivity contribution in [3.05, 3.63) is 81.0 Å². The van der Waals surface area contributed by atoms with Crippen molar-refractivity contribution in [2.45, 2.75) is 37.6 Å². The summed E-state index contributed by atoms with van der Waals surface area (Å²) >= 11 is 2.93. The number of benzene rings is 2. The molecule has 5 rings (SSSR count). The van der Waals surface area contributed by atoms with Crippen LogP contribution in [0.3, 0.4) is 0 Å². The number of hydrogen-bond donors (Lipinski definition) is 1. The molecule has 6 nitrogen and oxygen atoms in total. The van der Waals surface area contributed by atoms with Crippen molar-refractivity contribution in [1.29, 1.82) is 5.26 Å². The highest BCUT2D eigenvalue weighted by molar-refractivity contribution is 8.00. The molecule has 1 saturated heterocycles. The summed E-state index contributed by atoms with van der Waals surface area (Å²) in [6.07, 6.45) is 3.36. The topological polar surface area (TPSA) is 74.0 Å². The molecule has 1 aliphatic rings. The van der Waals surface area contributed by atoms with Crippen LogP contribution in [0.1, 0.15) is 36.0 Å². The van der Waals surface area contributed by atoms with E-state index < -0.39 is 0 Å². The quantitative estimate of drug-likeness (QED) is 0.347. The van der Waals surface area contributed by atoms with Crippen molar-refractivity contribution in [2.75, 3.05) is 22.7 Å². The molecule has 0 bridgehead atoms. The summed E-state index contributed by atoms with van der Waals surface area (Å²) < 4.78 is 5.78. The van der Waals surface area contributed by atoms with Gasteiger partial charge in [0.1, 0.15) is 10.2 Å². The normalized spacial score (nSPS) is 13.7. The lowest BCUT2D eigenvalue weighted by atomic mass is 10.1. The molecule has 0 atom stereocenters. The maximum atomic E-state index is 13.7. The predicted octanol–water partition coefficient (Wildman–Crippen LogP) is 5.80. The van der Waals surface area contributed by atoms with Crippen molar-refractivity contribution in [2.24, 2.45) is 0 Å². The second-order valence-electron chi connectivity index (χ2n) is 8.46. The van der Waals surface area contributed by atoms with Gasteiger partial charge in [-0.15, -0.1) is 11.3 Å². The number of anilines is 2. The fourth-order valence-corrected chi connectivity index (χ4v) is 5.81. The third kappa shape index (κ3) is 4.54. The molecule has 0 spiro atoms. The highest BCUT2D eigenvalue weighted by atomic mass is 32.2. The van der Waals surface area contributed by atoms with Gasteiger partial charge in [0, 0.05) is 23.4 Å². The zero-order valence-electron chi connectivity index (χ0n) is 19.0. The first kappa shape index (κ1) is 22.5. The second kappa shape index (κ2) is 9.92. The van der Waals surface area contributed by atoms with E-state index in [9.17, 15) is 10.1 Å². The van der Waals surface area contributed by atoms with Gasteiger partial charge in [-0.2, -0.15) is 5.26 Å². The van der Waals surface area contributed by atoms with E-state index in [4.69, 9.17) is 4.98 Å². The van der Waals surface area contributed by atoms with Crippen LogP contribution in [0.15, 0.2) is 63.6 Å². The molecule has 3 heterocycles. The molecule has 8 heteroatoms. The average molecular weight is 488 g/mol. The minimum Gasteiger partial charge on any atom is -0.342 e. The Hall–Kier alpha value is -3.28. The van der Waals surface area contributed by atoms with Gasteiger partial charge in [-0.1, -0.05) is 35.9 Å². The highest BCUT2D eigenvalue weighted by Crippen LogP contribution is 2.32. The van der Waals surface area contributed by atoms with Crippen LogP contribution in [0.25, 0.3) is 10.2 Å². The van der Waals surface area contributed by atoms with Gasteiger partial charge in [0.25, 0.3) is 5.56 Å². The van der Waals surface area contributed by atoms with Crippen LogP contribution in [0.2, 0.25) is 0 Å². The number of rotatable bonds is 6. The minimum atomic E-state index is -0.0586. The van der Waals surface area contributed by atoms with Gasteiger partial charge in [-0.3, -0.25) is 9.36 Å². The summed E-state index contributed by atoms with van der Waals surface area (Å²) in [5.41, 5.74) is 4.14. The summed E-state index contributed by atoms with van der Waals surface area (Å²) in [6, 6.07) is 18.0. The van der Waals surface area contributed by atoms with Gasteiger partial charge in [-0.25, -0.2) is 4.98 Å². The number of piperidine rings is 1. The van der Waals surface area contributed by atoms with Crippen molar-refractivity contribution < 1.29 is 0 Å². The van der Waals surface area contributed by atoms with Crippen LogP contribution in [-0.4, -0.2) is 22.6 Å². The van der Waals surface area contributed by atoms with Crippen molar-refractivity contribution in [1.82, 2.24) is 9.55 Å². The van der Waals surface area contributed by atoms with Crippen molar-refractivity contribution in [3.8, 4) is 6.07 Å². The number of nitrogens with one attached hydrogen (secondary N) is 1. The molecule has 0 aliphatic carbocycles. The zero-order valence-corrected chi connectivity index (χ0v) is 20.6. The minimum absolute atomic E-state index is 0.0586. The van der Waals surface area contributed by atoms with E-state index in [1.54, 1.807) is 10.6 Å².